The highest BCUT2D eigenvalue weighted by molar-refractivity contribution is 5.91. The fourth-order valence-corrected chi connectivity index (χ4v) is 3.14. The van der Waals surface area contributed by atoms with Crippen LogP contribution in [-0.4, -0.2) is 29.8 Å². The number of aromatic nitrogens is 6. The monoisotopic (exact) mass is 342 g/mol. The molecule has 0 bridgehead atoms. The molecule has 7 heteroatoms. The Morgan fingerprint density at radius 2 is 1.81 bits per heavy atom. The van der Waals surface area contributed by atoms with Gasteiger partial charge in [-0.3, -0.25) is 9.48 Å². The zero-order valence-electron chi connectivity index (χ0n) is 13.7. The Balaban J connectivity index is 1.59. The Kier molecular flexibility index (Phi) is 3.18. The maximum atomic E-state index is 12.0. The molecule has 1 aromatic heterocycles. The molecule has 0 atom stereocenters. The van der Waals surface area contributed by atoms with Crippen LogP contribution in [0.15, 0.2) is 71.8 Å². The molecule has 2 aromatic carbocycles. The number of benzene rings is 2. The van der Waals surface area contributed by atoms with Gasteiger partial charge in [0.2, 0.25) is 0 Å². The van der Waals surface area contributed by atoms with Gasteiger partial charge in [0, 0.05) is 17.8 Å². The van der Waals surface area contributed by atoms with Gasteiger partial charge in [0.05, 0.1) is 17.7 Å². The second kappa shape index (κ2) is 5.66. The van der Waals surface area contributed by atoms with Gasteiger partial charge in [-0.25, -0.2) is 9.78 Å². The number of para-hydroxylation sites is 1. The van der Waals surface area contributed by atoms with Gasteiger partial charge < -0.3 is 0 Å². The molecule has 3 heterocycles. The van der Waals surface area contributed by atoms with Crippen molar-refractivity contribution in [3.05, 3.63) is 82.9 Å². The van der Waals surface area contributed by atoms with E-state index in [4.69, 9.17) is 0 Å². The van der Waals surface area contributed by atoms with Gasteiger partial charge in [-0.15, -0.1) is 0 Å². The van der Waals surface area contributed by atoms with E-state index in [0.717, 1.165) is 22.2 Å². The highest BCUT2D eigenvalue weighted by Gasteiger charge is 2.18. The van der Waals surface area contributed by atoms with Crippen LogP contribution in [0, 0.1) is 0 Å². The molecule has 0 saturated carbocycles. The number of nitrogens with zero attached hydrogens (tertiary/aromatic N) is 5. The minimum Gasteiger partial charge on any atom is -0.265 e. The van der Waals surface area contributed by atoms with Crippen LogP contribution in [0.25, 0.3) is 28.0 Å². The summed E-state index contributed by atoms with van der Waals surface area (Å²) in [4.78, 5) is 12.0. The lowest BCUT2D eigenvalue weighted by molar-refractivity contribution is 0.699. The van der Waals surface area contributed by atoms with Gasteiger partial charge in [-0.1, -0.05) is 30.3 Å². The van der Waals surface area contributed by atoms with Crippen molar-refractivity contribution in [2.24, 2.45) is 0 Å². The molecule has 5 rings (SSSR count). The number of hydrogen-bond donors (Lipinski definition) is 1. The summed E-state index contributed by atoms with van der Waals surface area (Å²) < 4.78 is 3.66. The molecule has 2 aliphatic heterocycles. The number of H-pyrrole nitrogens is 1. The Bertz CT molecular complexity index is 1220. The Hall–Kier alpha value is -3.74. The van der Waals surface area contributed by atoms with Crippen molar-refractivity contribution in [1.29, 1.82) is 0 Å². The van der Waals surface area contributed by atoms with Crippen molar-refractivity contribution >= 4 is 10.9 Å². The maximum absolute atomic E-state index is 12.0. The van der Waals surface area contributed by atoms with Crippen LogP contribution in [0.5, 0.6) is 0 Å². The lowest BCUT2D eigenvalue weighted by atomic mass is 10.1. The normalized spacial score (nSPS) is 11.4. The summed E-state index contributed by atoms with van der Waals surface area (Å²) in [6.07, 6.45) is 3.65. The molecule has 0 fully saturated rings. The summed E-state index contributed by atoms with van der Waals surface area (Å²) in [7, 11) is 0. The molecule has 0 radical (unpaired) electrons. The second-order valence-electron chi connectivity index (χ2n) is 6.04. The predicted molar refractivity (Wildman–Crippen MR) is 97.4 cm³/mol. The number of nitrogens with one attached hydrogen (secondary N) is 1. The van der Waals surface area contributed by atoms with E-state index < -0.39 is 0 Å². The third kappa shape index (κ3) is 2.29. The minimum atomic E-state index is -0.270. The summed E-state index contributed by atoms with van der Waals surface area (Å²) >= 11 is 0. The Labute approximate surface area is 147 Å². The summed E-state index contributed by atoms with van der Waals surface area (Å²) in [5.74, 6) is 0. The van der Waals surface area contributed by atoms with Crippen LogP contribution in [0.4, 0.5) is 0 Å². The van der Waals surface area contributed by atoms with E-state index >= 15 is 0 Å². The number of aromatic amines is 1. The van der Waals surface area contributed by atoms with E-state index in [1.807, 2.05) is 70.2 Å². The molecule has 0 spiro atoms. The van der Waals surface area contributed by atoms with Crippen LogP contribution in [-0.2, 0) is 6.54 Å². The Morgan fingerprint density at radius 3 is 2.62 bits per heavy atom. The summed E-state index contributed by atoms with van der Waals surface area (Å²) in [5, 5.41) is 16.3. The summed E-state index contributed by atoms with van der Waals surface area (Å²) in [6, 6.07) is 17.8. The molecule has 2 aliphatic rings. The maximum Gasteiger partial charge on any atom is 0.294 e. The van der Waals surface area contributed by atoms with Crippen molar-refractivity contribution in [3.8, 4) is 17.1 Å². The smallest absolute Gasteiger partial charge is 0.265 e. The van der Waals surface area contributed by atoms with Crippen molar-refractivity contribution in [2.75, 3.05) is 0 Å². The van der Waals surface area contributed by atoms with Crippen molar-refractivity contribution in [2.45, 2.75) is 6.54 Å². The molecule has 1 N–H and O–H groups in total. The van der Waals surface area contributed by atoms with Gasteiger partial charge in [-0.2, -0.15) is 15.3 Å². The van der Waals surface area contributed by atoms with Crippen LogP contribution in [0.3, 0.4) is 0 Å². The first kappa shape index (κ1) is 14.6. The average molecular weight is 342 g/mol. The highest BCUT2D eigenvalue weighted by atomic mass is 16.1. The van der Waals surface area contributed by atoms with E-state index in [2.05, 4.69) is 20.4 Å². The molecular formula is C19H14N6O. The quantitative estimate of drug-likeness (QED) is 0.546. The first-order valence-corrected chi connectivity index (χ1v) is 8.22. The van der Waals surface area contributed by atoms with E-state index in [1.165, 1.54) is 0 Å². The van der Waals surface area contributed by atoms with Gasteiger partial charge in [-0.05, 0) is 29.8 Å². The lowest BCUT2D eigenvalue weighted by Gasteiger charge is -2.12. The molecule has 3 aromatic rings. The van der Waals surface area contributed by atoms with Crippen LogP contribution >= 0.6 is 0 Å². The van der Waals surface area contributed by atoms with E-state index in [-0.39, 0.29) is 5.56 Å². The first-order valence-electron chi connectivity index (χ1n) is 8.22. The number of fused-ring (bicyclic) bond motifs is 3. The number of hydrogen-bond acceptors (Lipinski definition) is 4. The molecule has 0 aliphatic carbocycles. The SMILES string of the molecule is O=c1[nH]nc2c3ccccc3n(Cc3ccc(-n4cccn4)cc3)nc1-2. The third-order valence-corrected chi connectivity index (χ3v) is 4.40. The molecule has 0 saturated heterocycles. The van der Waals surface area contributed by atoms with Crippen molar-refractivity contribution in [3.63, 3.8) is 0 Å². The topological polar surface area (TPSA) is 81.4 Å². The van der Waals surface area contributed by atoms with E-state index in [9.17, 15) is 4.79 Å². The molecular weight excluding hydrogens is 328 g/mol. The lowest BCUT2D eigenvalue weighted by Crippen LogP contribution is -2.12. The molecule has 126 valence electrons. The largest absolute Gasteiger partial charge is 0.294 e. The average Bonchev–Trinajstić information content (AvgIpc) is 3.33. The Morgan fingerprint density at radius 1 is 0.962 bits per heavy atom. The fraction of sp³-hybridized carbons (Fsp3) is 0.0526. The molecule has 0 amide bonds. The first-order chi connectivity index (χ1) is 12.8. The predicted octanol–water partition coefficient (Wildman–Crippen LogP) is 2.46. The zero-order valence-corrected chi connectivity index (χ0v) is 13.7. The van der Waals surface area contributed by atoms with E-state index in [0.29, 0.717) is 17.9 Å². The molecule has 26 heavy (non-hydrogen) atoms. The highest BCUT2D eigenvalue weighted by Crippen LogP contribution is 2.24. The zero-order chi connectivity index (χ0) is 17.5. The van der Waals surface area contributed by atoms with Crippen LogP contribution < -0.4 is 5.56 Å². The molecule has 0 unspecified atom stereocenters. The summed E-state index contributed by atoms with van der Waals surface area (Å²) in [6.45, 7) is 0.556. The van der Waals surface area contributed by atoms with Gasteiger partial charge in [0.25, 0.3) is 5.56 Å². The van der Waals surface area contributed by atoms with Gasteiger partial charge in [0.1, 0.15) is 5.69 Å². The van der Waals surface area contributed by atoms with E-state index in [1.54, 1.807) is 6.20 Å². The van der Waals surface area contributed by atoms with Gasteiger partial charge >= 0.3 is 0 Å². The summed E-state index contributed by atoms with van der Waals surface area (Å²) in [5.41, 5.74) is 3.71. The second-order valence-corrected chi connectivity index (χ2v) is 6.04. The van der Waals surface area contributed by atoms with Crippen LogP contribution in [0.2, 0.25) is 0 Å². The van der Waals surface area contributed by atoms with Gasteiger partial charge in [0.15, 0.2) is 5.69 Å². The van der Waals surface area contributed by atoms with Crippen molar-refractivity contribution < 1.29 is 0 Å². The van der Waals surface area contributed by atoms with Crippen molar-refractivity contribution in [1.82, 2.24) is 29.8 Å². The van der Waals surface area contributed by atoms with Crippen LogP contribution in [0.1, 0.15) is 5.56 Å². The molecule has 7 nitrogen and oxygen atoms in total. The number of rotatable bonds is 3. The third-order valence-electron chi connectivity index (χ3n) is 4.40. The fourth-order valence-electron chi connectivity index (χ4n) is 3.14. The standard InChI is InChI=1S/C19H14N6O/c26-19-18-17(21-22-19)15-4-1-2-5-16(15)25(23-18)12-13-6-8-14(9-7-13)24-11-3-10-20-24/h1-11H,12H2,(H,22,26). The minimum absolute atomic E-state index is 0.270.